The highest BCUT2D eigenvalue weighted by Gasteiger charge is 2.13. The molecular weight excluding hydrogens is 320 g/mol. The fourth-order valence-electron chi connectivity index (χ4n) is 2.03. The molecule has 0 saturated heterocycles. The maximum atomic E-state index is 10.8. The molecule has 0 bridgehead atoms. The molecule has 0 fully saturated rings. The zero-order valence-corrected chi connectivity index (χ0v) is 13.1. The summed E-state index contributed by atoms with van der Waals surface area (Å²) in [4.78, 5) is 15.5. The first-order valence-electron chi connectivity index (χ1n) is 6.55. The average Bonchev–Trinajstić information content (AvgIpc) is 2.95. The van der Waals surface area contributed by atoms with Crippen LogP contribution in [0.3, 0.4) is 0 Å². The van der Waals surface area contributed by atoms with Crippen molar-refractivity contribution in [3.8, 4) is 11.5 Å². The van der Waals surface area contributed by atoms with E-state index in [1.807, 2.05) is 6.07 Å². The molecule has 3 rings (SSSR count). The highest BCUT2D eigenvalue weighted by Crippen LogP contribution is 2.36. The molecule has 0 aliphatic heterocycles. The second-order valence-electron chi connectivity index (χ2n) is 4.51. The SMILES string of the molecule is COc1ccc(Sc2nc3ccc([N+](=O)[O-])cc3o2)cc1OC. The largest absolute Gasteiger partial charge is 0.493 e. The van der Waals surface area contributed by atoms with E-state index in [0.717, 1.165) is 4.90 Å². The minimum Gasteiger partial charge on any atom is -0.493 e. The summed E-state index contributed by atoms with van der Waals surface area (Å²) in [6.07, 6.45) is 0. The fourth-order valence-corrected chi connectivity index (χ4v) is 2.81. The van der Waals surface area contributed by atoms with Crippen molar-refractivity contribution in [3.05, 3.63) is 46.5 Å². The quantitative estimate of drug-likeness (QED) is 0.517. The van der Waals surface area contributed by atoms with Crippen molar-refractivity contribution in [1.82, 2.24) is 4.98 Å². The molecule has 0 aliphatic carbocycles. The van der Waals surface area contributed by atoms with Gasteiger partial charge in [-0.1, -0.05) is 0 Å². The van der Waals surface area contributed by atoms with Crippen molar-refractivity contribution in [1.29, 1.82) is 0 Å². The minimum absolute atomic E-state index is 0.0312. The molecule has 7 nitrogen and oxygen atoms in total. The number of aromatic nitrogens is 1. The Hall–Kier alpha value is -2.74. The Labute approximate surface area is 135 Å². The van der Waals surface area contributed by atoms with Gasteiger partial charge in [-0.3, -0.25) is 10.1 Å². The lowest BCUT2D eigenvalue weighted by Gasteiger charge is -2.08. The molecule has 1 aromatic heterocycles. The highest BCUT2D eigenvalue weighted by molar-refractivity contribution is 7.99. The number of nitro groups is 1. The molecule has 0 N–H and O–H groups in total. The van der Waals surface area contributed by atoms with Crippen molar-refractivity contribution in [2.24, 2.45) is 0 Å². The number of oxazole rings is 1. The van der Waals surface area contributed by atoms with Crippen LogP contribution in [0.15, 0.2) is 50.9 Å². The van der Waals surface area contributed by atoms with Gasteiger partial charge in [-0.2, -0.15) is 0 Å². The molecule has 0 aliphatic rings. The summed E-state index contributed by atoms with van der Waals surface area (Å²) in [5, 5.41) is 11.2. The molecule has 0 amide bonds. The topological polar surface area (TPSA) is 87.6 Å². The number of ether oxygens (including phenoxy) is 2. The Kier molecular flexibility index (Phi) is 4.07. The molecular formula is C15H12N2O5S. The summed E-state index contributed by atoms with van der Waals surface area (Å²) in [7, 11) is 3.13. The summed E-state index contributed by atoms with van der Waals surface area (Å²) in [6, 6.07) is 9.77. The molecule has 0 spiro atoms. The van der Waals surface area contributed by atoms with Crippen LogP contribution in [-0.2, 0) is 0 Å². The van der Waals surface area contributed by atoms with Gasteiger partial charge < -0.3 is 13.9 Å². The molecule has 0 atom stereocenters. The van der Waals surface area contributed by atoms with Gasteiger partial charge in [0.15, 0.2) is 17.1 Å². The van der Waals surface area contributed by atoms with E-state index in [1.165, 1.54) is 23.9 Å². The Morgan fingerprint density at radius 2 is 1.91 bits per heavy atom. The summed E-state index contributed by atoms with van der Waals surface area (Å²) >= 11 is 1.29. The normalized spacial score (nSPS) is 10.7. The van der Waals surface area contributed by atoms with Gasteiger partial charge in [-0.05, 0) is 36.0 Å². The Morgan fingerprint density at radius 1 is 1.13 bits per heavy atom. The highest BCUT2D eigenvalue weighted by atomic mass is 32.2. The monoisotopic (exact) mass is 332 g/mol. The van der Waals surface area contributed by atoms with Gasteiger partial charge in [-0.25, -0.2) is 4.98 Å². The minimum atomic E-state index is -0.469. The van der Waals surface area contributed by atoms with Gasteiger partial charge in [0.2, 0.25) is 0 Å². The third-order valence-electron chi connectivity index (χ3n) is 3.12. The molecule has 0 saturated carbocycles. The maximum absolute atomic E-state index is 10.8. The van der Waals surface area contributed by atoms with Crippen molar-refractivity contribution >= 4 is 28.5 Å². The van der Waals surface area contributed by atoms with Crippen molar-refractivity contribution in [3.63, 3.8) is 0 Å². The van der Waals surface area contributed by atoms with E-state index in [2.05, 4.69) is 4.98 Å². The molecule has 3 aromatic rings. The van der Waals surface area contributed by atoms with Crippen molar-refractivity contribution < 1.29 is 18.8 Å². The number of nitrogens with zero attached hydrogens (tertiary/aromatic N) is 2. The molecule has 23 heavy (non-hydrogen) atoms. The van der Waals surface area contributed by atoms with Gasteiger partial charge >= 0.3 is 0 Å². The van der Waals surface area contributed by atoms with Crippen LogP contribution in [0.5, 0.6) is 11.5 Å². The Bertz CT molecular complexity index is 877. The number of hydrogen-bond donors (Lipinski definition) is 0. The number of nitro benzene ring substituents is 1. The van der Waals surface area contributed by atoms with Crippen LogP contribution in [-0.4, -0.2) is 24.1 Å². The van der Waals surface area contributed by atoms with E-state index in [0.29, 0.717) is 27.8 Å². The van der Waals surface area contributed by atoms with Gasteiger partial charge in [0, 0.05) is 11.0 Å². The average molecular weight is 332 g/mol. The standard InChI is InChI=1S/C15H12N2O5S/c1-20-12-6-4-10(8-14(12)21-2)23-15-16-11-5-3-9(17(18)19)7-13(11)22-15/h3-8H,1-2H3. The maximum Gasteiger partial charge on any atom is 0.273 e. The van der Waals surface area contributed by atoms with E-state index in [4.69, 9.17) is 13.9 Å². The second kappa shape index (κ2) is 6.17. The van der Waals surface area contributed by atoms with Gasteiger partial charge in [0.1, 0.15) is 5.52 Å². The molecule has 118 valence electrons. The number of non-ortho nitro benzene ring substituents is 1. The molecule has 2 aromatic carbocycles. The first-order valence-corrected chi connectivity index (χ1v) is 7.37. The van der Waals surface area contributed by atoms with Gasteiger partial charge in [-0.15, -0.1) is 0 Å². The third kappa shape index (κ3) is 3.07. The van der Waals surface area contributed by atoms with Crippen LogP contribution in [0.25, 0.3) is 11.1 Å². The first kappa shape index (κ1) is 15.2. The van der Waals surface area contributed by atoms with E-state index < -0.39 is 4.92 Å². The zero-order valence-electron chi connectivity index (χ0n) is 12.3. The van der Waals surface area contributed by atoms with E-state index >= 15 is 0 Å². The third-order valence-corrected chi connectivity index (χ3v) is 3.96. The van der Waals surface area contributed by atoms with Crippen LogP contribution in [0, 0.1) is 10.1 Å². The number of methoxy groups -OCH3 is 2. The van der Waals surface area contributed by atoms with Crippen LogP contribution in [0.4, 0.5) is 5.69 Å². The van der Waals surface area contributed by atoms with E-state index in [-0.39, 0.29) is 5.69 Å². The molecule has 0 radical (unpaired) electrons. The number of rotatable bonds is 5. The predicted molar refractivity (Wildman–Crippen MR) is 84.3 cm³/mol. The van der Waals surface area contributed by atoms with Crippen LogP contribution >= 0.6 is 11.8 Å². The Morgan fingerprint density at radius 3 is 2.61 bits per heavy atom. The van der Waals surface area contributed by atoms with Gasteiger partial charge in [0.05, 0.1) is 25.2 Å². The zero-order chi connectivity index (χ0) is 16.4. The lowest BCUT2D eigenvalue weighted by atomic mass is 10.3. The molecule has 8 heteroatoms. The summed E-state index contributed by atoms with van der Waals surface area (Å²) in [5.41, 5.74) is 0.914. The lowest BCUT2D eigenvalue weighted by Crippen LogP contribution is -1.90. The molecule has 0 unspecified atom stereocenters. The van der Waals surface area contributed by atoms with Gasteiger partial charge in [0.25, 0.3) is 10.9 Å². The number of hydrogen-bond acceptors (Lipinski definition) is 7. The summed E-state index contributed by atoms with van der Waals surface area (Å²) in [5.74, 6) is 1.23. The smallest absolute Gasteiger partial charge is 0.273 e. The predicted octanol–water partition coefficient (Wildman–Crippen LogP) is 3.90. The number of benzene rings is 2. The number of fused-ring (bicyclic) bond motifs is 1. The summed E-state index contributed by atoms with van der Waals surface area (Å²) < 4.78 is 16.0. The van der Waals surface area contributed by atoms with Crippen LogP contribution < -0.4 is 9.47 Å². The second-order valence-corrected chi connectivity index (χ2v) is 5.53. The van der Waals surface area contributed by atoms with E-state index in [9.17, 15) is 10.1 Å². The fraction of sp³-hybridized carbons (Fsp3) is 0.133. The van der Waals surface area contributed by atoms with Crippen LogP contribution in [0.2, 0.25) is 0 Å². The first-order chi connectivity index (χ1) is 11.1. The van der Waals surface area contributed by atoms with E-state index in [1.54, 1.807) is 32.4 Å². The van der Waals surface area contributed by atoms with Crippen molar-refractivity contribution in [2.45, 2.75) is 10.1 Å². The van der Waals surface area contributed by atoms with Crippen molar-refractivity contribution in [2.75, 3.05) is 14.2 Å². The summed E-state index contributed by atoms with van der Waals surface area (Å²) in [6.45, 7) is 0. The van der Waals surface area contributed by atoms with Crippen LogP contribution in [0.1, 0.15) is 0 Å². The lowest BCUT2D eigenvalue weighted by molar-refractivity contribution is -0.384. The Balaban J connectivity index is 1.90. The molecule has 1 heterocycles.